The highest BCUT2D eigenvalue weighted by atomic mass is 16.5. The molecule has 1 aliphatic heterocycles. The van der Waals surface area contributed by atoms with Crippen LogP contribution in [-0.4, -0.2) is 80.4 Å². The highest BCUT2D eigenvalue weighted by Crippen LogP contribution is 2.30. The lowest BCUT2D eigenvalue weighted by molar-refractivity contribution is 0.264. The van der Waals surface area contributed by atoms with Gasteiger partial charge in [-0.25, -0.2) is 9.97 Å². The summed E-state index contributed by atoms with van der Waals surface area (Å²) in [6.45, 7) is 10.8. The molecule has 31 heavy (non-hydrogen) atoms. The highest BCUT2D eigenvalue weighted by Gasteiger charge is 2.18. The van der Waals surface area contributed by atoms with Gasteiger partial charge in [0, 0.05) is 63.4 Å². The van der Waals surface area contributed by atoms with Gasteiger partial charge in [0.05, 0.1) is 20.3 Å². The van der Waals surface area contributed by atoms with Crippen molar-refractivity contribution in [2.45, 2.75) is 13.8 Å². The monoisotopic (exact) mass is 427 g/mol. The maximum Gasteiger partial charge on any atom is 0.225 e. The Balaban J connectivity index is 1.51. The first-order valence-electron chi connectivity index (χ1n) is 10.8. The summed E-state index contributed by atoms with van der Waals surface area (Å²) in [5.74, 6) is 3.00. The minimum absolute atomic E-state index is 0.581. The fraction of sp³-hybridized carbons (Fsp3) is 0.500. The number of nitrogens with one attached hydrogen (secondary N) is 2. The minimum atomic E-state index is 0.581. The number of anilines is 2. The molecule has 168 valence electrons. The predicted molar refractivity (Wildman–Crippen MR) is 124 cm³/mol. The maximum atomic E-state index is 5.67. The molecule has 9 nitrogen and oxygen atoms in total. The predicted octanol–water partition coefficient (Wildman–Crippen LogP) is 2.08. The summed E-state index contributed by atoms with van der Waals surface area (Å²) in [6, 6.07) is 7.63. The van der Waals surface area contributed by atoms with Gasteiger partial charge in [-0.15, -0.1) is 0 Å². The number of guanidine groups is 1. The molecular formula is C22H33N7O2. The Morgan fingerprint density at radius 3 is 2.55 bits per heavy atom. The van der Waals surface area contributed by atoms with Crippen LogP contribution in [0.15, 0.2) is 41.7 Å². The molecule has 9 heteroatoms. The van der Waals surface area contributed by atoms with Gasteiger partial charge in [0.15, 0.2) is 17.5 Å². The second-order valence-corrected chi connectivity index (χ2v) is 7.06. The van der Waals surface area contributed by atoms with E-state index in [1.807, 2.05) is 31.2 Å². The molecule has 0 amide bonds. The molecule has 0 bridgehead atoms. The summed E-state index contributed by atoms with van der Waals surface area (Å²) in [6.07, 6.45) is 3.58. The van der Waals surface area contributed by atoms with Crippen LogP contribution in [0.1, 0.15) is 13.8 Å². The number of hydrogen-bond acceptors (Lipinski definition) is 7. The minimum Gasteiger partial charge on any atom is -0.493 e. The molecule has 2 aromatic rings. The van der Waals surface area contributed by atoms with Crippen molar-refractivity contribution in [1.29, 1.82) is 0 Å². The lowest BCUT2D eigenvalue weighted by Crippen LogP contribution is -2.47. The molecule has 2 heterocycles. The zero-order valence-corrected chi connectivity index (χ0v) is 18.7. The molecular weight excluding hydrogens is 394 g/mol. The van der Waals surface area contributed by atoms with Crippen molar-refractivity contribution in [3.05, 3.63) is 36.7 Å². The molecule has 0 aliphatic carbocycles. The molecule has 2 N–H and O–H groups in total. The number of benzene rings is 1. The van der Waals surface area contributed by atoms with E-state index in [4.69, 9.17) is 14.5 Å². The second kappa shape index (κ2) is 11.9. The van der Waals surface area contributed by atoms with E-state index in [1.54, 1.807) is 19.5 Å². The largest absolute Gasteiger partial charge is 0.493 e. The van der Waals surface area contributed by atoms with Crippen LogP contribution < -0.4 is 25.0 Å². The van der Waals surface area contributed by atoms with Crippen LogP contribution in [0.25, 0.3) is 0 Å². The van der Waals surface area contributed by atoms with Gasteiger partial charge in [0.1, 0.15) is 0 Å². The van der Waals surface area contributed by atoms with Crippen molar-refractivity contribution in [2.24, 2.45) is 4.99 Å². The fourth-order valence-corrected chi connectivity index (χ4v) is 3.40. The number of methoxy groups -OCH3 is 1. The van der Waals surface area contributed by atoms with Gasteiger partial charge in [-0.1, -0.05) is 0 Å². The third-order valence-corrected chi connectivity index (χ3v) is 4.96. The number of nitrogens with zero attached hydrogens (tertiary/aromatic N) is 5. The van der Waals surface area contributed by atoms with Crippen LogP contribution in [0, 0.1) is 0 Å². The molecule has 0 spiro atoms. The molecule has 1 aromatic heterocycles. The summed E-state index contributed by atoms with van der Waals surface area (Å²) in [5, 5.41) is 6.66. The molecule has 3 rings (SSSR count). The van der Waals surface area contributed by atoms with E-state index in [0.717, 1.165) is 62.6 Å². The molecule has 1 saturated heterocycles. The molecule has 0 saturated carbocycles. The van der Waals surface area contributed by atoms with Crippen molar-refractivity contribution in [3.8, 4) is 11.5 Å². The van der Waals surface area contributed by atoms with E-state index in [-0.39, 0.29) is 0 Å². The lowest BCUT2D eigenvalue weighted by atomic mass is 10.2. The van der Waals surface area contributed by atoms with E-state index in [2.05, 4.69) is 37.3 Å². The highest BCUT2D eigenvalue weighted by molar-refractivity contribution is 5.93. The van der Waals surface area contributed by atoms with Crippen LogP contribution in [0.5, 0.6) is 11.5 Å². The summed E-state index contributed by atoms with van der Waals surface area (Å²) in [5.41, 5.74) is 0.903. The smallest absolute Gasteiger partial charge is 0.225 e. The first kappa shape index (κ1) is 22.6. The quantitative estimate of drug-likeness (QED) is 0.465. The van der Waals surface area contributed by atoms with E-state index in [1.165, 1.54) is 0 Å². The Labute approximate surface area is 184 Å². The number of aromatic nitrogens is 2. The van der Waals surface area contributed by atoms with E-state index in [0.29, 0.717) is 18.9 Å². The van der Waals surface area contributed by atoms with Crippen LogP contribution >= 0.6 is 0 Å². The van der Waals surface area contributed by atoms with Crippen molar-refractivity contribution in [2.75, 3.05) is 69.7 Å². The van der Waals surface area contributed by atoms with Crippen molar-refractivity contribution >= 4 is 17.6 Å². The van der Waals surface area contributed by atoms with E-state index in [9.17, 15) is 0 Å². The van der Waals surface area contributed by atoms with Crippen LogP contribution in [0.3, 0.4) is 0 Å². The molecule has 0 atom stereocenters. The Kier molecular flexibility index (Phi) is 8.71. The third kappa shape index (κ3) is 6.71. The summed E-state index contributed by atoms with van der Waals surface area (Å²) < 4.78 is 11.0. The average Bonchev–Trinajstić information content (AvgIpc) is 2.81. The van der Waals surface area contributed by atoms with Gasteiger partial charge in [0.25, 0.3) is 0 Å². The third-order valence-electron chi connectivity index (χ3n) is 4.96. The van der Waals surface area contributed by atoms with Crippen LogP contribution in [-0.2, 0) is 0 Å². The molecule has 1 aromatic carbocycles. The van der Waals surface area contributed by atoms with Crippen molar-refractivity contribution in [3.63, 3.8) is 0 Å². The van der Waals surface area contributed by atoms with Gasteiger partial charge in [-0.2, -0.15) is 0 Å². The zero-order chi connectivity index (χ0) is 21.9. The van der Waals surface area contributed by atoms with Crippen LogP contribution in [0.2, 0.25) is 0 Å². The van der Waals surface area contributed by atoms with Gasteiger partial charge in [-0.05, 0) is 32.0 Å². The Morgan fingerprint density at radius 1 is 1.10 bits per heavy atom. The normalized spacial score (nSPS) is 14.9. The first-order valence-corrected chi connectivity index (χ1v) is 10.8. The Morgan fingerprint density at radius 2 is 1.87 bits per heavy atom. The first-order chi connectivity index (χ1) is 15.2. The van der Waals surface area contributed by atoms with Crippen LogP contribution in [0.4, 0.5) is 11.6 Å². The number of hydrogen-bond donors (Lipinski definition) is 2. The van der Waals surface area contributed by atoms with E-state index < -0.39 is 0 Å². The SMILES string of the molecule is CCNC(=NCCN1CCN(c2ncccn2)CC1)Nc1ccc(OC)c(OCC)c1. The fourth-order valence-electron chi connectivity index (χ4n) is 3.40. The zero-order valence-electron chi connectivity index (χ0n) is 18.7. The number of aliphatic imine (C=N–C) groups is 1. The number of rotatable bonds is 9. The average molecular weight is 428 g/mol. The second-order valence-electron chi connectivity index (χ2n) is 7.06. The molecule has 0 radical (unpaired) electrons. The number of ether oxygens (including phenoxy) is 2. The summed E-state index contributed by atoms with van der Waals surface area (Å²) >= 11 is 0. The van der Waals surface area contributed by atoms with Gasteiger partial charge in [-0.3, -0.25) is 9.89 Å². The van der Waals surface area contributed by atoms with Gasteiger partial charge < -0.3 is 25.0 Å². The van der Waals surface area contributed by atoms with Gasteiger partial charge >= 0.3 is 0 Å². The molecule has 1 aliphatic rings. The Bertz CT molecular complexity index is 824. The standard InChI is InChI=1S/C22H33N7O2/c1-4-23-21(27-18-7-8-19(30-3)20(17-18)31-5-2)24-11-12-28-13-15-29(16-14-28)22-25-9-6-10-26-22/h6-10,17H,4-5,11-16H2,1-3H3,(H2,23,24,27). The Hall–Kier alpha value is -3.07. The van der Waals surface area contributed by atoms with Gasteiger partial charge in [0.2, 0.25) is 5.95 Å². The molecule has 0 unspecified atom stereocenters. The number of piperazine rings is 1. The summed E-state index contributed by atoms with van der Waals surface area (Å²) in [4.78, 5) is 18.1. The summed E-state index contributed by atoms with van der Waals surface area (Å²) in [7, 11) is 1.64. The van der Waals surface area contributed by atoms with E-state index >= 15 is 0 Å². The van der Waals surface area contributed by atoms with Crippen molar-refractivity contribution in [1.82, 2.24) is 20.2 Å². The molecule has 1 fully saturated rings. The lowest BCUT2D eigenvalue weighted by Gasteiger charge is -2.34. The topological polar surface area (TPSA) is 87.1 Å². The van der Waals surface area contributed by atoms with Crippen molar-refractivity contribution < 1.29 is 9.47 Å². The maximum absolute atomic E-state index is 5.67.